The van der Waals surface area contributed by atoms with Crippen molar-refractivity contribution in [3.05, 3.63) is 0 Å². The molecule has 2 rings (SSSR count). The van der Waals surface area contributed by atoms with Crippen molar-refractivity contribution in [1.82, 2.24) is 4.90 Å². The zero-order valence-corrected chi connectivity index (χ0v) is 7.81. The zero-order valence-electron chi connectivity index (χ0n) is 7.81. The molecular formula is C9H13NO4. The van der Waals surface area contributed by atoms with Crippen LogP contribution in [-0.4, -0.2) is 41.3 Å². The van der Waals surface area contributed by atoms with Crippen molar-refractivity contribution in [3.63, 3.8) is 0 Å². The van der Waals surface area contributed by atoms with Crippen LogP contribution in [0.5, 0.6) is 0 Å². The lowest BCUT2D eigenvalue weighted by molar-refractivity contribution is -0.144. The molecule has 0 aromatic rings. The second-order valence-corrected chi connectivity index (χ2v) is 3.82. The number of cyclic esters (lactones) is 1. The fourth-order valence-electron chi connectivity index (χ4n) is 2.12. The number of amides is 1. The number of carboxylic acids is 1. The molecule has 5 heteroatoms. The minimum Gasteiger partial charge on any atom is -0.481 e. The summed E-state index contributed by atoms with van der Waals surface area (Å²) in [6.45, 7) is 0.774. The van der Waals surface area contributed by atoms with Crippen LogP contribution >= 0.6 is 0 Å². The Morgan fingerprint density at radius 2 is 2.21 bits per heavy atom. The summed E-state index contributed by atoms with van der Waals surface area (Å²) in [6, 6.07) is 0.201. The van der Waals surface area contributed by atoms with E-state index in [9.17, 15) is 9.59 Å². The quantitative estimate of drug-likeness (QED) is 0.674. The monoisotopic (exact) mass is 199 g/mol. The molecular weight excluding hydrogens is 186 g/mol. The zero-order chi connectivity index (χ0) is 10.1. The van der Waals surface area contributed by atoms with E-state index in [1.807, 2.05) is 0 Å². The summed E-state index contributed by atoms with van der Waals surface area (Å²) in [6.07, 6.45) is 1.93. The van der Waals surface area contributed by atoms with Gasteiger partial charge in [-0.1, -0.05) is 0 Å². The lowest BCUT2D eigenvalue weighted by Gasteiger charge is -2.40. The largest absolute Gasteiger partial charge is 0.481 e. The van der Waals surface area contributed by atoms with Gasteiger partial charge in [0, 0.05) is 19.0 Å². The summed E-state index contributed by atoms with van der Waals surface area (Å²) < 4.78 is 4.87. The minimum atomic E-state index is -0.818. The van der Waals surface area contributed by atoms with Crippen LogP contribution in [0.25, 0.3) is 0 Å². The summed E-state index contributed by atoms with van der Waals surface area (Å²) in [5.41, 5.74) is 0. The molecule has 1 N–H and O–H groups in total. The van der Waals surface area contributed by atoms with Gasteiger partial charge in [-0.05, 0) is 12.8 Å². The highest BCUT2D eigenvalue weighted by Gasteiger charge is 2.37. The van der Waals surface area contributed by atoms with Gasteiger partial charge in [-0.15, -0.1) is 0 Å². The number of carboxylic acid groups (broad SMARTS) is 1. The van der Waals surface area contributed by atoms with Gasteiger partial charge in [0.05, 0.1) is 12.5 Å². The second kappa shape index (κ2) is 3.48. The van der Waals surface area contributed by atoms with Crippen LogP contribution in [0.3, 0.4) is 0 Å². The lowest BCUT2D eigenvalue weighted by Crippen LogP contribution is -2.52. The van der Waals surface area contributed by atoms with Gasteiger partial charge in [-0.2, -0.15) is 0 Å². The smallest absolute Gasteiger partial charge is 0.410 e. The number of piperidine rings is 1. The van der Waals surface area contributed by atoms with Crippen molar-refractivity contribution in [2.45, 2.75) is 25.3 Å². The van der Waals surface area contributed by atoms with Crippen molar-refractivity contribution in [3.8, 4) is 0 Å². The van der Waals surface area contributed by atoms with Crippen LogP contribution in [0, 0.1) is 5.92 Å². The molecule has 0 bridgehead atoms. The maximum absolute atomic E-state index is 11.3. The maximum Gasteiger partial charge on any atom is 0.410 e. The molecule has 0 saturated carbocycles. The summed E-state index contributed by atoms with van der Waals surface area (Å²) >= 11 is 0. The number of aliphatic carboxylic acids is 1. The molecule has 0 aromatic carbocycles. The molecule has 0 aromatic heterocycles. The first kappa shape index (κ1) is 9.30. The first-order chi connectivity index (χ1) is 6.68. The Labute approximate surface area is 81.6 Å². The van der Waals surface area contributed by atoms with E-state index in [-0.39, 0.29) is 12.1 Å². The number of fused-ring (bicyclic) bond motifs is 1. The first-order valence-corrected chi connectivity index (χ1v) is 4.84. The van der Waals surface area contributed by atoms with E-state index in [1.165, 1.54) is 0 Å². The third-order valence-corrected chi connectivity index (χ3v) is 2.97. The van der Waals surface area contributed by atoms with Crippen LogP contribution in [-0.2, 0) is 9.53 Å². The van der Waals surface area contributed by atoms with E-state index in [0.717, 1.165) is 12.8 Å². The van der Waals surface area contributed by atoms with Gasteiger partial charge < -0.3 is 14.7 Å². The van der Waals surface area contributed by atoms with Crippen LogP contribution in [0.2, 0.25) is 0 Å². The number of rotatable bonds is 1. The maximum atomic E-state index is 11.3. The molecule has 2 aliphatic rings. The minimum absolute atomic E-state index is 0.201. The normalized spacial score (nSPS) is 32.0. The third-order valence-electron chi connectivity index (χ3n) is 2.97. The Balaban J connectivity index is 2.05. The van der Waals surface area contributed by atoms with Gasteiger partial charge >= 0.3 is 12.1 Å². The molecule has 2 aliphatic heterocycles. The number of ether oxygens (including phenoxy) is 1. The molecule has 2 heterocycles. The van der Waals surface area contributed by atoms with Gasteiger partial charge in [-0.25, -0.2) is 4.79 Å². The van der Waals surface area contributed by atoms with Crippen LogP contribution in [0.4, 0.5) is 4.79 Å². The average molecular weight is 199 g/mol. The molecule has 0 radical (unpaired) electrons. The lowest BCUT2D eigenvalue weighted by atomic mass is 9.91. The van der Waals surface area contributed by atoms with Gasteiger partial charge in [0.25, 0.3) is 0 Å². The molecule has 5 nitrogen and oxygen atoms in total. The summed E-state index contributed by atoms with van der Waals surface area (Å²) in [5, 5.41) is 8.84. The van der Waals surface area contributed by atoms with E-state index >= 15 is 0 Å². The van der Waals surface area contributed by atoms with Crippen molar-refractivity contribution in [2.24, 2.45) is 5.92 Å². The first-order valence-electron chi connectivity index (χ1n) is 4.84. The average Bonchev–Trinajstić information content (AvgIpc) is 2.18. The van der Waals surface area contributed by atoms with E-state index in [2.05, 4.69) is 0 Å². The van der Waals surface area contributed by atoms with Crippen molar-refractivity contribution < 1.29 is 19.4 Å². The number of carbonyl (C=O) groups excluding carboxylic acids is 1. The Morgan fingerprint density at radius 1 is 1.43 bits per heavy atom. The number of carbonyl (C=O) groups is 2. The highest BCUT2D eigenvalue weighted by Crippen LogP contribution is 2.27. The molecule has 14 heavy (non-hydrogen) atoms. The molecule has 1 amide bonds. The molecule has 0 aliphatic carbocycles. The van der Waals surface area contributed by atoms with E-state index in [1.54, 1.807) is 4.90 Å². The molecule has 78 valence electrons. The van der Waals surface area contributed by atoms with Gasteiger partial charge in [0.2, 0.25) is 0 Å². The van der Waals surface area contributed by atoms with Gasteiger partial charge in [-0.3, -0.25) is 4.79 Å². The fourth-order valence-corrected chi connectivity index (χ4v) is 2.12. The fraction of sp³-hybridized carbons (Fsp3) is 0.778. The number of hydrogen-bond acceptors (Lipinski definition) is 3. The molecule has 0 unspecified atom stereocenters. The van der Waals surface area contributed by atoms with Gasteiger partial charge in [0.1, 0.15) is 0 Å². The van der Waals surface area contributed by atoms with Crippen molar-refractivity contribution in [2.75, 3.05) is 13.2 Å². The summed E-state index contributed by atoms with van der Waals surface area (Å²) in [7, 11) is 0. The standard InChI is InChI=1S/C9H13NO4/c11-8(12)6-1-2-7-3-4-14-9(13)10(7)5-6/h6-7H,1-5H2,(H,11,12)/t6-,7+/m0/s1. The number of hydrogen-bond donors (Lipinski definition) is 1. The summed E-state index contributed by atoms with van der Waals surface area (Å²) in [5.74, 6) is -1.24. The molecule has 2 atom stereocenters. The van der Waals surface area contributed by atoms with Crippen LogP contribution in [0.15, 0.2) is 0 Å². The second-order valence-electron chi connectivity index (χ2n) is 3.82. The van der Waals surface area contributed by atoms with E-state index in [0.29, 0.717) is 19.6 Å². The Bertz CT molecular complexity index is 266. The van der Waals surface area contributed by atoms with Crippen molar-refractivity contribution in [1.29, 1.82) is 0 Å². The third kappa shape index (κ3) is 1.54. The topological polar surface area (TPSA) is 66.8 Å². The molecule has 2 saturated heterocycles. The Kier molecular flexibility index (Phi) is 2.31. The number of nitrogens with zero attached hydrogens (tertiary/aromatic N) is 1. The van der Waals surface area contributed by atoms with Crippen LogP contribution < -0.4 is 0 Å². The SMILES string of the molecule is O=C(O)[C@H]1CC[C@@H]2CCOC(=O)N2C1. The predicted octanol–water partition coefficient (Wildman–Crippen LogP) is 0.692. The van der Waals surface area contributed by atoms with Crippen molar-refractivity contribution >= 4 is 12.1 Å². The van der Waals surface area contributed by atoms with E-state index < -0.39 is 11.9 Å². The summed E-state index contributed by atoms with van der Waals surface area (Å²) in [4.78, 5) is 23.6. The molecule has 2 fully saturated rings. The Morgan fingerprint density at radius 3 is 2.93 bits per heavy atom. The molecule has 0 spiro atoms. The van der Waals surface area contributed by atoms with Crippen LogP contribution in [0.1, 0.15) is 19.3 Å². The highest BCUT2D eigenvalue weighted by atomic mass is 16.6. The van der Waals surface area contributed by atoms with E-state index in [4.69, 9.17) is 9.84 Å². The predicted molar refractivity (Wildman–Crippen MR) is 46.8 cm³/mol. The van der Waals surface area contributed by atoms with Gasteiger partial charge in [0.15, 0.2) is 0 Å². The Hall–Kier alpha value is -1.26. The highest BCUT2D eigenvalue weighted by molar-refractivity contribution is 5.73.